The van der Waals surface area contributed by atoms with E-state index < -0.39 is 11.9 Å². The molecule has 1 fully saturated rings. The minimum Gasteiger partial charge on any atom is -0.481 e. The first-order valence-electron chi connectivity index (χ1n) is 7.40. The van der Waals surface area contributed by atoms with Gasteiger partial charge in [-0.3, -0.25) is 14.9 Å². The van der Waals surface area contributed by atoms with Crippen molar-refractivity contribution in [1.29, 1.82) is 0 Å². The lowest BCUT2D eigenvalue weighted by Gasteiger charge is -2.26. The van der Waals surface area contributed by atoms with Crippen LogP contribution in [-0.2, 0) is 9.59 Å². The number of hydrogen-bond acceptors (Lipinski definition) is 3. The van der Waals surface area contributed by atoms with E-state index in [1.165, 1.54) is 0 Å². The second-order valence-corrected chi connectivity index (χ2v) is 7.06. The minimum atomic E-state index is -0.936. The second kappa shape index (κ2) is 6.91. The van der Waals surface area contributed by atoms with Gasteiger partial charge in [0.2, 0.25) is 5.91 Å². The molecule has 1 aliphatic rings. The molecule has 1 saturated heterocycles. The third-order valence-electron chi connectivity index (χ3n) is 4.00. The lowest BCUT2D eigenvalue weighted by molar-refractivity contribution is -0.138. The molecule has 1 rings (SSSR count). The van der Waals surface area contributed by atoms with E-state index in [2.05, 4.69) is 26.1 Å². The number of carboxylic acid groups (broad SMARTS) is 1. The Bertz CT molecular complexity index is 414. The van der Waals surface area contributed by atoms with Gasteiger partial charge in [-0.1, -0.05) is 27.7 Å². The lowest BCUT2D eigenvalue weighted by Crippen LogP contribution is -2.42. The maximum absolute atomic E-state index is 12.0. The molecule has 0 saturated carbocycles. The van der Waals surface area contributed by atoms with Crippen LogP contribution < -0.4 is 5.32 Å². The zero-order chi connectivity index (χ0) is 16.2. The average Bonchev–Trinajstić information content (AvgIpc) is 2.75. The number of carbonyl (C=O) groups is 3. The van der Waals surface area contributed by atoms with Gasteiger partial charge in [-0.05, 0) is 23.7 Å². The summed E-state index contributed by atoms with van der Waals surface area (Å²) < 4.78 is 0. The molecule has 1 heterocycles. The molecular weight excluding hydrogens is 272 g/mol. The van der Waals surface area contributed by atoms with Gasteiger partial charge in [-0.25, -0.2) is 4.79 Å². The van der Waals surface area contributed by atoms with Gasteiger partial charge in [0.25, 0.3) is 0 Å². The monoisotopic (exact) mass is 298 g/mol. The summed E-state index contributed by atoms with van der Waals surface area (Å²) in [5.74, 6) is -1.19. The van der Waals surface area contributed by atoms with Crippen molar-refractivity contribution >= 4 is 17.9 Å². The Kier molecular flexibility index (Phi) is 5.75. The van der Waals surface area contributed by atoms with Crippen LogP contribution in [0.2, 0.25) is 0 Å². The van der Waals surface area contributed by atoms with Gasteiger partial charge in [-0.2, -0.15) is 0 Å². The van der Waals surface area contributed by atoms with Gasteiger partial charge in [0, 0.05) is 25.9 Å². The van der Waals surface area contributed by atoms with Crippen LogP contribution in [0.3, 0.4) is 0 Å². The summed E-state index contributed by atoms with van der Waals surface area (Å²) in [5.41, 5.74) is 0.148. The Morgan fingerprint density at radius 2 is 1.90 bits per heavy atom. The fourth-order valence-corrected chi connectivity index (χ4v) is 2.59. The fraction of sp³-hybridized carbons (Fsp3) is 0.800. The van der Waals surface area contributed by atoms with E-state index in [1.54, 1.807) is 11.8 Å². The van der Waals surface area contributed by atoms with Crippen LogP contribution in [0.4, 0.5) is 4.79 Å². The van der Waals surface area contributed by atoms with Crippen molar-refractivity contribution in [2.24, 2.45) is 17.3 Å². The molecule has 1 aliphatic heterocycles. The Labute approximate surface area is 125 Å². The number of nitrogens with one attached hydrogen (secondary N) is 1. The average molecular weight is 298 g/mol. The topological polar surface area (TPSA) is 86.7 Å². The Morgan fingerprint density at radius 1 is 1.29 bits per heavy atom. The summed E-state index contributed by atoms with van der Waals surface area (Å²) in [7, 11) is 0. The van der Waals surface area contributed by atoms with Gasteiger partial charge in [0.1, 0.15) is 0 Å². The molecule has 6 nitrogen and oxygen atoms in total. The number of imide groups is 1. The Morgan fingerprint density at radius 3 is 2.38 bits per heavy atom. The van der Waals surface area contributed by atoms with Crippen LogP contribution >= 0.6 is 0 Å². The minimum absolute atomic E-state index is 0.0502. The number of rotatable bonds is 4. The number of likely N-dealkylation sites (tertiary alicyclic amines) is 1. The van der Waals surface area contributed by atoms with E-state index >= 15 is 0 Å². The van der Waals surface area contributed by atoms with E-state index in [4.69, 9.17) is 5.11 Å². The summed E-state index contributed by atoms with van der Waals surface area (Å²) in [4.78, 5) is 35.9. The molecule has 2 unspecified atom stereocenters. The van der Waals surface area contributed by atoms with Crippen LogP contribution in [0.15, 0.2) is 0 Å². The summed E-state index contributed by atoms with van der Waals surface area (Å²) in [6, 6.07) is -0.366. The SMILES string of the molecule is CC(CC(=O)O)CC(=O)NC(=O)N1CCC(C(C)(C)C)C1. The normalized spacial score (nSPS) is 20.2. The molecule has 0 aromatic heterocycles. The molecule has 0 radical (unpaired) electrons. The molecule has 120 valence electrons. The molecule has 21 heavy (non-hydrogen) atoms. The first-order chi connectivity index (χ1) is 9.59. The van der Waals surface area contributed by atoms with Crippen LogP contribution in [0.5, 0.6) is 0 Å². The van der Waals surface area contributed by atoms with Crippen molar-refractivity contribution < 1.29 is 19.5 Å². The smallest absolute Gasteiger partial charge is 0.324 e. The van der Waals surface area contributed by atoms with E-state index in [1.807, 2.05) is 0 Å². The highest BCUT2D eigenvalue weighted by Crippen LogP contribution is 2.33. The first kappa shape index (κ1) is 17.5. The molecular formula is C15H26N2O4. The molecule has 0 aromatic carbocycles. The Balaban J connectivity index is 2.40. The van der Waals surface area contributed by atoms with Crippen molar-refractivity contribution in [1.82, 2.24) is 10.2 Å². The molecule has 2 atom stereocenters. The van der Waals surface area contributed by atoms with Gasteiger partial charge < -0.3 is 10.0 Å². The van der Waals surface area contributed by atoms with Gasteiger partial charge >= 0.3 is 12.0 Å². The summed E-state index contributed by atoms with van der Waals surface area (Å²) in [6.45, 7) is 9.45. The fourth-order valence-electron chi connectivity index (χ4n) is 2.59. The highest BCUT2D eigenvalue weighted by atomic mass is 16.4. The number of carbonyl (C=O) groups excluding carboxylic acids is 2. The quantitative estimate of drug-likeness (QED) is 0.832. The van der Waals surface area contributed by atoms with Crippen molar-refractivity contribution in [3.8, 4) is 0 Å². The molecule has 0 aromatic rings. The molecule has 3 amide bonds. The number of amides is 3. The maximum Gasteiger partial charge on any atom is 0.324 e. The van der Waals surface area contributed by atoms with Crippen LogP contribution in [0.1, 0.15) is 47.0 Å². The zero-order valence-electron chi connectivity index (χ0n) is 13.3. The largest absolute Gasteiger partial charge is 0.481 e. The number of nitrogens with zero attached hydrogens (tertiary/aromatic N) is 1. The van der Waals surface area contributed by atoms with E-state index in [9.17, 15) is 14.4 Å². The predicted molar refractivity (Wildman–Crippen MR) is 78.7 cm³/mol. The van der Waals surface area contributed by atoms with Gasteiger partial charge in [0.15, 0.2) is 0 Å². The highest BCUT2D eigenvalue weighted by molar-refractivity contribution is 5.94. The standard InChI is InChI=1S/C15H26N2O4/c1-10(8-13(19)20)7-12(18)16-14(21)17-6-5-11(9-17)15(2,3)4/h10-11H,5-9H2,1-4H3,(H,19,20)(H,16,18,21). The van der Waals surface area contributed by atoms with E-state index in [0.29, 0.717) is 19.0 Å². The van der Waals surface area contributed by atoms with Crippen molar-refractivity contribution in [2.75, 3.05) is 13.1 Å². The molecule has 2 N–H and O–H groups in total. The number of hydrogen-bond donors (Lipinski definition) is 2. The molecule has 0 bridgehead atoms. The Hall–Kier alpha value is -1.59. The van der Waals surface area contributed by atoms with Crippen LogP contribution in [0.25, 0.3) is 0 Å². The number of carboxylic acids is 1. The first-order valence-corrected chi connectivity index (χ1v) is 7.40. The van der Waals surface area contributed by atoms with Gasteiger partial charge in [-0.15, -0.1) is 0 Å². The predicted octanol–water partition coefficient (Wildman–Crippen LogP) is 2.09. The zero-order valence-corrected chi connectivity index (χ0v) is 13.3. The highest BCUT2D eigenvalue weighted by Gasteiger charge is 2.34. The van der Waals surface area contributed by atoms with E-state index in [0.717, 1.165) is 6.42 Å². The van der Waals surface area contributed by atoms with Crippen molar-refractivity contribution in [3.63, 3.8) is 0 Å². The third kappa shape index (κ3) is 5.73. The molecule has 0 spiro atoms. The van der Waals surface area contributed by atoms with Crippen LogP contribution in [0, 0.1) is 17.3 Å². The summed E-state index contributed by atoms with van der Waals surface area (Å²) >= 11 is 0. The molecule has 6 heteroatoms. The molecule has 0 aliphatic carbocycles. The van der Waals surface area contributed by atoms with Crippen molar-refractivity contribution in [3.05, 3.63) is 0 Å². The summed E-state index contributed by atoms with van der Waals surface area (Å²) in [5, 5.41) is 11.0. The maximum atomic E-state index is 12.0. The third-order valence-corrected chi connectivity index (χ3v) is 4.00. The number of urea groups is 1. The van der Waals surface area contributed by atoms with E-state index in [-0.39, 0.29) is 30.2 Å². The van der Waals surface area contributed by atoms with Crippen LogP contribution in [-0.4, -0.2) is 41.0 Å². The van der Waals surface area contributed by atoms with Crippen molar-refractivity contribution in [2.45, 2.75) is 47.0 Å². The van der Waals surface area contributed by atoms with Gasteiger partial charge in [0.05, 0.1) is 0 Å². The summed E-state index contributed by atoms with van der Waals surface area (Å²) in [6.07, 6.45) is 0.923. The second-order valence-electron chi connectivity index (χ2n) is 7.06. The lowest BCUT2D eigenvalue weighted by atomic mass is 9.80. The number of aliphatic carboxylic acids is 1.